The van der Waals surface area contributed by atoms with Crippen LogP contribution in [0, 0.1) is 0 Å². The maximum atomic E-state index is 6.14. The first-order chi connectivity index (χ1) is 8.58. The number of anilines is 1. The Morgan fingerprint density at radius 2 is 2.00 bits per heavy atom. The Hall–Kier alpha value is -0.810. The van der Waals surface area contributed by atoms with E-state index in [0.29, 0.717) is 5.69 Å². The van der Waals surface area contributed by atoms with Crippen molar-refractivity contribution in [3.05, 3.63) is 26.8 Å². The number of aromatic nitrogens is 1. The fraction of sp³-hybridized carbons (Fsp3) is 0.308. The zero-order valence-corrected chi connectivity index (χ0v) is 13.4. The quantitative estimate of drug-likeness (QED) is 0.872. The van der Waals surface area contributed by atoms with Gasteiger partial charge in [-0.05, 0) is 50.4 Å². The predicted molar refractivity (Wildman–Crippen MR) is 82.1 cm³/mol. The largest absolute Gasteiger partial charge is 0.495 e. The molecular weight excluding hydrogens is 360 g/mol. The average molecular weight is 374 g/mol. The Balaban J connectivity index is 2.81. The van der Waals surface area contributed by atoms with Gasteiger partial charge in [0.1, 0.15) is 5.75 Å². The highest BCUT2D eigenvalue weighted by Gasteiger charge is 2.15. The molecule has 0 aliphatic heterocycles. The van der Waals surface area contributed by atoms with Gasteiger partial charge in [-0.15, -0.1) is 0 Å². The molecule has 1 aromatic heterocycles. The van der Waals surface area contributed by atoms with Crippen molar-refractivity contribution in [3.8, 4) is 5.75 Å². The van der Waals surface area contributed by atoms with Crippen LogP contribution in [0.4, 0.5) is 5.69 Å². The summed E-state index contributed by atoms with van der Waals surface area (Å²) >= 11 is 7.00. The van der Waals surface area contributed by atoms with Gasteiger partial charge in [0.25, 0.3) is 0 Å². The fourth-order valence-corrected chi connectivity index (χ4v) is 3.39. The van der Waals surface area contributed by atoms with Gasteiger partial charge in [-0.1, -0.05) is 13.3 Å². The minimum Gasteiger partial charge on any atom is -0.495 e. The number of hydrogen-bond acceptors (Lipinski definition) is 3. The number of pyridine rings is 1. The van der Waals surface area contributed by atoms with Gasteiger partial charge in [0, 0.05) is 15.9 Å². The monoisotopic (exact) mass is 372 g/mol. The summed E-state index contributed by atoms with van der Waals surface area (Å²) in [5.41, 5.74) is 8.69. The number of nitrogens with zero attached hydrogens (tertiary/aromatic N) is 1. The van der Waals surface area contributed by atoms with Crippen molar-refractivity contribution < 1.29 is 4.74 Å². The maximum absolute atomic E-state index is 6.14. The Morgan fingerprint density at radius 3 is 2.61 bits per heavy atom. The molecule has 0 unspecified atom stereocenters. The van der Waals surface area contributed by atoms with Gasteiger partial charge in [0.15, 0.2) is 0 Å². The van der Waals surface area contributed by atoms with E-state index in [0.717, 1.165) is 44.1 Å². The average Bonchev–Trinajstić information content (AvgIpc) is 2.31. The molecule has 3 nitrogen and oxygen atoms in total. The standard InChI is InChI=1S/C13H14Br2N2O/c1-3-4-7-5-10(16)11-12(17-7)8(14)6-9(15)13(11)18-2/h5-6H,3-4H2,1-2H3,(H2,16,17). The first kappa shape index (κ1) is 13.6. The van der Waals surface area contributed by atoms with E-state index < -0.39 is 0 Å². The minimum absolute atomic E-state index is 0.697. The summed E-state index contributed by atoms with van der Waals surface area (Å²) in [6.45, 7) is 2.12. The van der Waals surface area contributed by atoms with E-state index in [9.17, 15) is 0 Å². The van der Waals surface area contributed by atoms with Crippen LogP contribution in [0.1, 0.15) is 19.0 Å². The molecule has 0 aliphatic rings. The van der Waals surface area contributed by atoms with Gasteiger partial charge < -0.3 is 10.5 Å². The van der Waals surface area contributed by atoms with Crippen LogP contribution >= 0.6 is 31.9 Å². The van der Waals surface area contributed by atoms with Gasteiger partial charge in [-0.2, -0.15) is 0 Å². The second kappa shape index (κ2) is 5.45. The third kappa shape index (κ3) is 2.34. The Bertz CT molecular complexity index is 599. The van der Waals surface area contributed by atoms with Crippen molar-refractivity contribution in [2.75, 3.05) is 12.8 Å². The SMILES string of the molecule is CCCc1cc(N)c2c(OC)c(Br)cc(Br)c2n1. The van der Waals surface area contributed by atoms with E-state index in [2.05, 4.69) is 43.8 Å². The van der Waals surface area contributed by atoms with Crippen molar-refractivity contribution in [2.24, 2.45) is 0 Å². The third-order valence-corrected chi connectivity index (χ3v) is 3.93. The van der Waals surface area contributed by atoms with Gasteiger partial charge in [0.2, 0.25) is 0 Å². The normalized spacial score (nSPS) is 10.9. The maximum Gasteiger partial charge on any atom is 0.144 e. The fourth-order valence-electron chi connectivity index (χ4n) is 1.98. The summed E-state index contributed by atoms with van der Waals surface area (Å²) in [7, 11) is 1.63. The lowest BCUT2D eigenvalue weighted by Crippen LogP contribution is -1.99. The molecule has 0 saturated carbocycles. The smallest absolute Gasteiger partial charge is 0.144 e. The number of halogens is 2. The van der Waals surface area contributed by atoms with Crippen molar-refractivity contribution >= 4 is 48.5 Å². The number of rotatable bonds is 3. The molecule has 18 heavy (non-hydrogen) atoms. The van der Waals surface area contributed by atoms with E-state index >= 15 is 0 Å². The van der Waals surface area contributed by atoms with Gasteiger partial charge in [-0.25, -0.2) is 0 Å². The first-order valence-electron chi connectivity index (χ1n) is 5.69. The molecule has 0 saturated heterocycles. The van der Waals surface area contributed by atoms with Crippen molar-refractivity contribution in [1.29, 1.82) is 0 Å². The number of aryl methyl sites for hydroxylation is 1. The third-order valence-electron chi connectivity index (χ3n) is 2.74. The summed E-state index contributed by atoms with van der Waals surface area (Å²) in [5.74, 6) is 0.723. The van der Waals surface area contributed by atoms with Gasteiger partial charge in [0.05, 0.1) is 22.5 Å². The molecule has 1 aromatic carbocycles. The first-order valence-corrected chi connectivity index (χ1v) is 7.28. The van der Waals surface area contributed by atoms with Crippen LogP contribution in [0.3, 0.4) is 0 Å². The zero-order chi connectivity index (χ0) is 13.3. The molecule has 0 spiro atoms. The van der Waals surface area contributed by atoms with E-state index in [1.54, 1.807) is 7.11 Å². The predicted octanol–water partition coefficient (Wildman–Crippen LogP) is 4.30. The van der Waals surface area contributed by atoms with Crippen LogP contribution in [0.5, 0.6) is 5.75 Å². The molecule has 1 heterocycles. The summed E-state index contributed by atoms with van der Waals surface area (Å²) in [4.78, 5) is 4.65. The molecule has 2 rings (SSSR count). The summed E-state index contributed by atoms with van der Waals surface area (Å²) in [5, 5.41) is 0.846. The van der Waals surface area contributed by atoms with Crippen LogP contribution in [0.25, 0.3) is 10.9 Å². The van der Waals surface area contributed by atoms with Crippen molar-refractivity contribution in [1.82, 2.24) is 4.98 Å². The van der Waals surface area contributed by atoms with Crippen molar-refractivity contribution in [2.45, 2.75) is 19.8 Å². The Kier molecular flexibility index (Phi) is 4.12. The Morgan fingerprint density at radius 1 is 1.28 bits per heavy atom. The number of benzene rings is 1. The van der Waals surface area contributed by atoms with Gasteiger partial charge in [-0.3, -0.25) is 4.98 Å². The van der Waals surface area contributed by atoms with Crippen LogP contribution in [-0.2, 0) is 6.42 Å². The second-order valence-corrected chi connectivity index (χ2v) is 5.76. The molecule has 96 valence electrons. The van der Waals surface area contributed by atoms with Crippen LogP contribution in [0.15, 0.2) is 21.1 Å². The number of hydrogen-bond donors (Lipinski definition) is 1. The molecular formula is C13H14Br2N2O. The van der Waals surface area contributed by atoms with Crippen molar-refractivity contribution in [3.63, 3.8) is 0 Å². The summed E-state index contributed by atoms with van der Waals surface area (Å²) in [6.07, 6.45) is 1.97. The number of fused-ring (bicyclic) bond motifs is 1. The molecule has 0 fully saturated rings. The lowest BCUT2D eigenvalue weighted by atomic mass is 10.1. The van der Waals surface area contributed by atoms with Crippen LogP contribution < -0.4 is 10.5 Å². The number of methoxy groups -OCH3 is 1. The molecule has 0 aliphatic carbocycles. The van der Waals surface area contributed by atoms with Gasteiger partial charge >= 0.3 is 0 Å². The van der Waals surface area contributed by atoms with E-state index in [1.807, 2.05) is 12.1 Å². The summed E-state index contributed by atoms with van der Waals surface area (Å²) < 4.78 is 7.18. The molecule has 0 bridgehead atoms. The highest BCUT2D eigenvalue weighted by molar-refractivity contribution is 9.11. The van der Waals surface area contributed by atoms with E-state index in [4.69, 9.17) is 10.5 Å². The molecule has 2 aromatic rings. The number of ether oxygens (including phenoxy) is 1. The highest BCUT2D eigenvalue weighted by Crippen LogP contribution is 2.40. The lowest BCUT2D eigenvalue weighted by molar-refractivity contribution is 0.417. The van der Waals surface area contributed by atoms with Crippen LogP contribution in [0.2, 0.25) is 0 Å². The van der Waals surface area contributed by atoms with E-state index in [-0.39, 0.29) is 0 Å². The molecule has 0 atom stereocenters. The minimum atomic E-state index is 0.697. The molecule has 2 N–H and O–H groups in total. The van der Waals surface area contributed by atoms with Crippen LogP contribution in [-0.4, -0.2) is 12.1 Å². The number of nitrogens with two attached hydrogens (primary N) is 1. The van der Waals surface area contributed by atoms with E-state index in [1.165, 1.54) is 0 Å². The topological polar surface area (TPSA) is 48.1 Å². The lowest BCUT2D eigenvalue weighted by Gasteiger charge is -2.12. The Labute approximate surface area is 123 Å². The number of nitrogen functional groups attached to an aromatic ring is 1. The molecule has 0 amide bonds. The highest BCUT2D eigenvalue weighted by atomic mass is 79.9. The zero-order valence-electron chi connectivity index (χ0n) is 10.3. The molecule has 0 radical (unpaired) electrons. The summed E-state index contributed by atoms with van der Waals surface area (Å²) in [6, 6.07) is 3.86. The second-order valence-electron chi connectivity index (χ2n) is 4.05. The molecule has 5 heteroatoms.